The quantitative estimate of drug-likeness (QED) is 0.186. The molecule has 0 aromatic heterocycles. The van der Waals surface area contributed by atoms with E-state index >= 15 is 0 Å². The van der Waals surface area contributed by atoms with E-state index in [0.717, 1.165) is 22.6 Å². The van der Waals surface area contributed by atoms with Crippen molar-refractivity contribution in [3.63, 3.8) is 0 Å². The van der Waals surface area contributed by atoms with Gasteiger partial charge in [-0.2, -0.15) is 0 Å². The summed E-state index contributed by atoms with van der Waals surface area (Å²) in [6.45, 7) is 5.10. The molecule has 5 nitrogen and oxygen atoms in total. The topological polar surface area (TPSA) is 48.0 Å². The molecule has 1 aliphatic heterocycles. The highest BCUT2D eigenvalue weighted by Gasteiger charge is 2.33. The van der Waals surface area contributed by atoms with Gasteiger partial charge >= 0.3 is 0 Å². The number of aryl methyl sites for hydroxylation is 1. The van der Waals surface area contributed by atoms with Gasteiger partial charge in [0.05, 0.1) is 30.9 Å². The summed E-state index contributed by atoms with van der Waals surface area (Å²) in [6, 6.07) is 21.1. The molecule has 7 heteroatoms. The average molecular weight is 506 g/mol. The summed E-state index contributed by atoms with van der Waals surface area (Å²) in [6.07, 6.45) is 2.51. The van der Waals surface area contributed by atoms with Gasteiger partial charge in [0.25, 0.3) is 5.91 Å². The second kappa shape index (κ2) is 11.4. The Bertz CT molecular complexity index is 1260. The Morgan fingerprint density at radius 2 is 1.63 bits per heavy atom. The lowest BCUT2D eigenvalue weighted by molar-refractivity contribution is -0.113. The molecule has 0 atom stereocenters. The molecule has 180 valence electrons. The number of rotatable bonds is 9. The smallest absolute Gasteiger partial charge is 0.270 e. The first-order valence-corrected chi connectivity index (χ1v) is 12.5. The maximum absolute atomic E-state index is 13.1. The molecule has 3 aromatic rings. The molecule has 1 heterocycles. The largest absolute Gasteiger partial charge is 0.493 e. The summed E-state index contributed by atoms with van der Waals surface area (Å²) in [5.74, 6) is 1.93. The molecular formula is C28H27NO4S2. The molecule has 1 fully saturated rings. The van der Waals surface area contributed by atoms with E-state index in [1.54, 1.807) is 12.0 Å². The van der Waals surface area contributed by atoms with E-state index < -0.39 is 0 Å². The number of benzene rings is 3. The number of carbonyl (C=O) groups excluding carboxylic acids is 1. The van der Waals surface area contributed by atoms with Crippen molar-refractivity contribution < 1.29 is 19.0 Å². The van der Waals surface area contributed by atoms with Gasteiger partial charge in [-0.05, 0) is 55.3 Å². The summed E-state index contributed by atoms with van der Waals surface area (Å²) in [4.78, 5) is 15.2. The van der Waals surface area contributed by atoms with Gasteiger partial charge in [0.15, 0.2) is 15.8 Å². The lowest BCUT2D eigenvalue weighted by atomic mass is 10.1. The fraction of sp³-hybridized carbons (Fsp3) is 0.214. The molecule has 0 spiro atoms. The van der Waals surface area contributed by atoms with E-state index in [9.17, 15) is 4.79 Å². The van der Waals surface area contributed by atoms with Crippen LogP contribution in [-0.4, -0.2) is 30.6 Å². The van der Waals surface area contributed by atoms with Crippen LogP contribution >= 0.6 is 24.0 Å². The van der Waals surface area contributed by atoms with Crippen LogP contribution in [0.2, 0.25) is 0 Å². The third-order valence-electron chi connectivity index (χ3n) is 5.67. The standard InChI is InChI=1S/C28H27NO4S2/c1-19-10-7-14-23(20(19)2)32-16-9-17-33-26-21(11-8-15-24(26)31-3)18-25-27(30)29(28(34)35-25)22-12-5-4-6-13-22/h4-8,10-15,18H,9,16-17H2,1-3H3/b25-18-. The fourth-order valence-electron chi connectivity index (χ4n) is 3.67. The number of thioether (sulfide) groups is 1. The molecule has 0 saturated carbocycles. The van der Waals surface area contributed by atoms with Crippen LogP contribution in [0, 0.1) is 13.8 Å². The van der Waals surface area contributed by atoms with Crippen molar-refractivity contribution >= 4 is 46.0 Å². The number of amides is 1. The first-order chi connectivity index (χ1) is 17.0. The zero-order chi connectivity index (χ0) is 24.8. The highest BCUT2D eigenvalue weighted by atomic mass is 32.2. The van der Waals surface area contributed by atoms with Gasteiger partial charge in [0.1, 0.15) is 5.75 Å². The molecular weight excluding hydrogens is 478 g/mol. The van der Waals surface area contributed by atoms with Crippen LogP contribution < -0.4 is 19.1 Å². The summed E-state index contributed by atoms with van der Waals surface area (Å²) in [5, 5.41) is 0. The molecule has 0 bridgehead atoms. The molecule has 4 rings (SSSR count). The maximum Gasteiger partial charge on any atom is 0.270 e. The first-order valence-electron chi connectivity index (χ1n) is 11.3. The number of thiocarbonyl (C=S) groups is 1. The Labute approximate surface area is 215 Å². The van der Waals surface area contributed by atoms with Crippen LogP contribution in [0.4, 0.5) is 5.69 Å². The zero-order valence-electron chi connectivity index (χ0n) is 19.9. The van der Waals surface area contributed by atoms with E-state index in [-0.39, 0.29) is 5.91 Å². The summed E-state index contributed by atoms with van der Waals surface area (Å²) < 4.78 is 18.1. The Morgan fingerprint density at radius 3 is 2.40 bits per heavy atom. The van der Waals surface area contributed by atoms with Gasteiger partial charge in [-0.3, -0.25) is 9.69 Å². The predicted molar refractivity (Wildman–Crippen MR) is 147 cm³/mol. The molecule has 1 amide bonds. The Kier molecular flexibility index (Phi) is 8.10. The lowest BCUT2D eigenvalue weighted by Crippen LogP contribution is -2.27. The van der Waals surface area contributed by atoms with E-state index in [4.69, 9.17) is 26.4 Å². The number of hydrogen-bond donors (Lipinski definition) is 0. The van der Waals surface area contributed by atoms with E-state index in [0.29, 0.717) is 40.4 Å². The molecule has 1 saturated heterocycles. The van der Waals surface area contributed by atoms with Crippen molar-refractivity contribution in [3.05, 3.63) is 88.3 Å². The molecule has 1 aliphatic rings. The molecule has 3 aromatic carbocycles. The van der Waals surface area contributed by atoms with Crippen LogP contribution in [0.15, 0.2) is 71.6 Å². The Morgan fingerprint density at radius 1 is 0.914 bits per heavy atom. The third kappa shape index (κ3) is 5.69. The molecule has 0 radical (unpaired) electrons. The van der Waals surface area contributed by atoms with Gasteiger partial charge in [0, 0.05) is 12.0 Å². The second-order valence-corrected chi connectivity index (χ2v) is 9.66. The number of ether oxygens (including phenoxy) is 3. The van der Waals surface area contributed by atoms with Crippen molar-refractivity contribution in [2.45, 2.75) is 20.3 Å². The maximum atomic E-state index is 13.1. The van der Waals surface area contributed by atoms with Crippen LogP contribution in [-0.2, 0) is 4.79 Å². The molecule has 0 N–H and O–H groups in total. The van der Waals surface area contributed by atoms with Crippen LogP contribution in [0.5, 0.6) is 17.2 Å². The number of anilines is 1. The number of carbonyl (C=O) groups is 1. The first kappa shape index (κ1) is 24.8. The van der Waals surface area contributed by atoms with Crippen LogP contribution in [0.25, 0.3) is 6.08 Å². The second-order valence-electron chi connectivity index (χ2n) is 7.98. The number of methoxy groups -OCH3 is 1. The van der Waals surface area contributed by atoms with Crippen molar-refractivity contribution in [1.82, 2.24) is 0 Å². The third-order valence-corrected chi connectivity index (χ3v) is 6.97. The van der Waals surface area contributed by atoms with Gasteiger partial charge < -0.3 is 14.2 Å². The molecule has 0 unspecified atom stereocenters. The highest BCUT2D eigenvalue weighted by molar-refractivity contribution is 8.27. The van der Waals surface area contributed by atoms with Gasteiger partial charge in [-0.25, -0.2) is 0 Å². The number of para-hydroxylation sites is 2. The predicted octanol–water partition coefficient (Wildman–Crippen LogP) is 6.57. The van der Waals surface area contributed by atoms with Crippen molar-refractivity contribution in [2.75, 3.05) is 25.2 Å². The summed E-state index contributed by atoms with van der Waals surface area (Å²) in [5.41, 5.74) is 3.86. The highest BCUT2D eigenvalue weighted by Crippen LogP contribution is 2.39. The number of hydrogen-bond acceptors (Lipinski definition) is 6. The zero-order valence-corrected chi connectivity index (χ0v) is 21.6. The molecule has 35 heavy (non-hydrogen) atoms. The van der Waals surface area contributed by atoms with Crippen molar-refractivity contribution in [1.29, 1.82) is 0 Å². The van der Waals surface area contributed by atoms with Gasteiger partial charge in [0.2, 0.25) is 0 Å². The SMILES string of the molecule is COc1cccc(/C=C2\SC(=S)N(c3ccccc3)C2=O)c1OCCCOc1cccc(C)c1C. The van der Waals surface area contributed by atoms with E-state index in [1.165, 1.54) is 17.3 Å². The minimum absolute atomic E-state index is 0.151. The Balaban J connectivity index is 1.46. The van der Waals surface area contributed by atoms with Crippen molar-refractivity contribution in [2.24, 2.45) is 0 Å². The minimum Gasteiger partial charge on any atom is -0.493 e. The van der Waals surface area contributed by atoms with E-state index in [2.05, 4.69) is 19.9 Å². The van der Waals surface area contributed by atoms with E-state index in [1.807, 2.05) is 66.7 Å². The molecule has 0 aliphatic carbocycles. The fourth-order valence-corrected chi connectivity index (χ4v) is 4.96. The minimum atomic E-state index is -0.151. The average Bonchev–Trinajstić information content (AvgIpc) is 3.15. The van der Waals surface area contributed by atoms with Crippen LogP contribution in [0.1, 0.15) is 23.1 Å². The summed E-state index contributed by atoms with van der Waals surface area (Å²) in [7, 11) is 1.60. The van der Waals surface area contributed by atoms with Crippen molar-refractivity contribution in [3.8, 4) is 17.2 Å². The van der Waals surface area contributed by atoms with Gasteiger partial charge in [-0.1, -0.05) is 66.4 Å². The Hall–Kier alpha value is -3.29. The summed E-state index contributed by atoms with van der Waals surface area (Å²) >= 11 is 6.77. The monoisotopic (exact) mass is 505 g/mol. The lowest BCUT2D eigenvalue weighted by Gasteiger charge is -2.15. The number of nitrogens with zero attached hydrogens (tertiary/aromatic N) is 1. The van der Waals surface area contributed by atoms with Crippen LogP contribution in [0.3, 0.4) is 0 Å². The van der Waals surface area contributed by atoms with Gasteiger partial charge in [-0.15, -0.1) is 0 Å². The normalized spacial score (nSPS) is 14.5.